The Labute approximate surface area is 146 Å². The van der Waals surface area contributed by atoms with E-state index in [1.165, 1.54) is 0 Å². The molecule has 0 aliphatic heterocycles. The lowest BCUT2D eigenvalue weighted by molar-refractivity contribution is -0.129. The second-order valence-corrected chi connectivity index (χ2v) is 7.16. The first-order valence-corrected chi connectivity index (χ1v) is 9.44. The molecular formula is C20H23NO2S. The Bertz CT molecular complexity index is 698. The fourth-order valence-corrected chi connectivity index (χ4v) is 3.23. The number of benzene rings is 2. The number of rotatable bonds is 7. The summed E-state index contributed by atoms with van der Waals surface area (Å²) < 4.78 is 12.1. The van der Waals surface area contributed by atoms with E-state index in [4.69, 9.17) is 0 Å². The smallest absolute Gasteiger partial charge is 0.235 e. The normalized spacial score (nSPS) is 13.6. The predicted molar refractivity (Wildman–Crippen MR) is 101 cm³/mol. The van der Waals surface area contributed by atoms with E-state index in [1.807, 2.05) is 79.7 Å². The van der Waals surface area contributed by atoms with Crippen molar-refractivity contribution >= 4 is 22.8 Å². The summed E-state index contributed by atoms with van der Waals surface area (Å²) in [6, 6.07) is 19.7. The first-order chi connectivity index (χ1) is 11.6. The molecule has 24 heavy (non-hydrogen) atoms. The zero-order chi connectivity index (χ0) is 17.4. The van der Waals surface area contributed by atoms with Crippen LogP contribution in [-0.4, -0.2) is 33.6 Å². The van der Waals surface area contributed by atoms with Crippen LogP contribution in [0.15, 0.2) is 66.7 Å². The van der Waals surface area contributed by atoms with Crippen molar-refractivity contribution in [1.29, 1.82) is 0 Å². The molecule has 0 aliphatic carbocycles. The third kappa shape index (κ3) is 5.46. The van der Waals surface area contributed by atoms with Crippen LogP contribution in [0.1, 0.15) is 24.1 Å². The molecule has 2 aromatic carbocycles. The van der Waals surface area contributed by atoms with Crippen LogP contribution in [0.5, 0.6) is 0 Å². The van der Waals surface area contributed by atoms with Crippen molar-refractivity contribution in [2.24, 2.45) is 0 Å². The van der Waals surface area contributed by atoms with Gasteiger partial charge in [-0.05, 0) is 18.1 Å². The Morgan fingerprint density at radius 2 is 1.67 bits per heavy atom. The summed E-state index contributed by atoms with van der Waals surface area (Å²) in [7, 11) is 0.566. The summed E-state index contributed by atoms with van der Waals surface area (Å²) in [5.41, 5.74) is 2.14. The lowest BCUT2D eigenvalue weighted by atomic mass is 10.1. The van der Waals surface area contributed by atoms with Gasteiger partial charge in [-0.15, -0.1) is 0 Å². The van der Waals surface area contributed by atoms with Gasteiger partial charge in [-0.1, -0.05) is 72.8 Å². The Hall–Kier alpha value is -2.20. The van der Waals surface area contributed by atoms with Crippen LogP contribution in [0.3, 0.4) is 0 Å². The van der Waals surface area contributed by atoms with Gasteiger partial charge in [-0.25, -0.2) is 0 Å². The van der Waals surface area contributed by atoms with Gasteiger partial charge in [0.1, 0.15) is 5.75 Å². The third-order valence-corrected chi connectivity index (χ3v) is 5.07. The van der Waals surface area contributed by atoms with Gasteiger partial charge in [0.25, 0.3) is 0 Å². The van der Waals surface area contributed by atoms with Crippen molar-refractivity contribution in [3.05, 3.63) is 77.9 Å². The molecular weight excluding hydrogens is 318 g/mol. The fraction of sp³-hybridized carbons (Fsp3) is 0.250. The van der Waals surface area contributed by atoms with Crippen LogP contribution in [0.4, 0.5) is 0 Å². The fourth-order valence-electron chi connectivity index (χ4n) is 2.33. The van der Waals surface area contributed by atoms with E-state index in [9.17, 15) is 9.00 Å². The Morgan fingerprint density at radius 3 is 2.29 bits per heavy atom. The average Bonchev–Trinajstić information content (AvgIpc) is 2.62. The van der Waals surface area contributed by atoms with Crippen LogP contribution < -0.4 is 0 Å². The van der Waals surface area contributed by atoms with Crippen molar-refractivity contribution in [3.8, 4) is 0 Å². The topological polar surface area (TPSA) is 37.4 Å². The van der Waals surface area contributed by atoms with Crippen LogP contribution >= 0.6 is 0 Å². The van der Waals surface area contributed by atoms with E-state index < -0.39 is 10.8 Å². The molecule has 2 rings (SSSR count). The summed E-state index contributed by atoms with van der Waals surface area (Å²) in [6.07, 6.45) is 3.79. The van der Waals surface area contributed by atoms with Crippen LogP contribution in [-0.2, 0) is 15.6 Å². The lowest BCUT2D eigenvalue weighted by Crippen LogP contribution is -2.33. The van der Waals surface area contributed by atoms with Gasteiger partial charge in [0, 0.05) is 23.6 Å². The maximum Gasteiger partial charge on any atom is 0.235 e. The zero-order valence-electron chi connectivity index (χ0n) is 14.1. The molecule has 0 bridgehead atoms. The highest BCUT2D eigenvalue weighted by atomic mass is 32.2. The number of nitrogens with zero attached hydrogens (tertiary/aromatic N) is 1. The number of hydrogen-bond donors (Lipinski definition) is 0. The van der Waals surface area contributed by atoms with E-state index in [1.54, 1.807) is 11.9 Å². The minimum absolute atomic E-state index is 0.0319. The van der Waals surface area contributed by atoms with Crippen LogP contribution in [0.2, 0.25) is 0 Å². The molecule has 0 aromatic heterocycles. The molecule has 3 nitrogen and oxygen atoms in total. The van der Waals surface area contributed by atoms with Gasteiger partial charge < -0.3 is 4.90 Å². The molecule has 0 spiro atoms. The molecule has 0 aliphatic rings. The second kappa shape index (κ2) is 9.18. The molecule has 0 radical (unpaired) electrons. The largest absolute Gasteiger partial charge is 0.338 e. The standard InChI is InChI=1S/C20H23NO2S/c1-17(19-13-7-4-8-14-19)21(2)20(22)16-24(23)15-9-12-18-10-5-3-6-11-18/h3-14,17H,15-16H2,1-2H3/b12-9+/t17-,24+/m1/s1. The number of carbonyl (C=O) groups is 1. The molecule has 0 saturated carbocycles. The second-order valence-electron chi connectivity index (χ2n) is 5.66. The third-order valence-electron chi connectivity index (χ3n) is 3.93. The minimum atomic E-state index is -1.20. The van der Waals surface area contributed by atoms with Crippen molar-refractivity contribution in [3.63, 3.8) is 0 Å². The molecule has 126 valence electrons. The quantitative estimate of drug-likeness (QED) is 0.770. The molecule has 0 saturated heterocycles. The molecule has 0 unspecified atom stereocenters. The van der Waals surface area contributed by atoms with E-state index >= 15 is 0 Å². The van der Waals surface area contributed by atoms with Crippen molar-refractivity contribution in [2.45, 2.75) is 13.0 Å². The highest BCUT2D eigenvalue weighted by Gasteiger charge is 2.18. The van der Waals surface area contributed by atoms with E-state index in [-0.39, 0.29) is 17.7 Å². The van der Waals surface area contributed by atoms with E-state index in [2.05, 4.69) is 0 Å². The van der Waals surface area contributed by atoms with Crippen molar-refractivity contribution in [1.82, 2.24) is 4.90 Å². The van der Waals surface area contributed by atoms with Gasteiger partial charge >= 0.3 is 0 Å². The number of amides is 1. The van der Waals surface area contributed by atoms with Crippen LogP contribution in [0, 0.1) is 0 Å². The van der Waals surface area contributed by atoms with Gasteiger partial charge in [0.2, 0.25) is 5.91 Å². The summed E-state index contributed by atoms with van der Waals surface area (Å²) in [6.45, 7) is 1.98. The highest BCUT2D eigenvalue weighted by Crippen LogP contribution is 2.18. The molecule has 0 N–H and O–H groups in total. The van der Waals surface area contributed by atoms with E-state index in [0.29, 0.717) is 5.75 Å². The molecule has 1 amide bonds. The SMILES string of the molecule is C[C@H](c1ccccc1)N(C)C(=O)C[S@@](=O)C/C=C/c1ccccc1. The number of hydrogen-bond acceptors (Lipinski definition) is 2. The van der Waals surface area contributed by atoms with Gasteiger partial charge in [-0.3, -0.25) is 9.00 Å². The van der Waals surface area contributed by atoms with Gasteiger partial charge in [-0.2, -0.15) is 0 Å². The summed E-state index contributed by atoms with van der Waals surface area (Å²) in [5, 5.41) is 0. The van der Waals surface area contributed by atoms with Crippen LogP contribution in [0.25, 0.3) is 6.08 Å². The first-order valence-electron chi connectivity index (χ1n) is 7.95. The summed E-state index contributed by atoms with van der Waals surface area (Å²) in [5.74, 6) is 0.332. The van der Waals surface area contributed by atoms with E-state index in [0.717, 1.165) is 11.1 Å². The molecule has 2 atom stereocenters. The molecule has 0 fully saturated rings. The lowest BCUT2D eigenvalue weighted by Gasteiger charge is -2.25. The van der Waals surface area contributed by atoms with Gasteiger partial charge in [0.05, 0.1) is 6.04 Å². The monoisotopic (exact) mass is 341 g/mol. The Morgan fingerprint density at radius 1 is 1.08 bits per heavy atom. The molecule has 2 aromatic rings. The van der Waals surface area contributed by atoms with Crippen molar-refractivity contribution in [2.75, 3.05) is 18.6 Å². The Kier molecular flexibility index (Phi) is 6.94. The molecule has 4 heteroatoms. The highest BCUT2D eigenvalue weighted by molar-refractivity contribution is 7.85. The maximum atomic E-state index is 12.3. The first kappa shape index (κ1) is 18.1. The molecule has 0 heterocycles. The average molecular weight is 341 g/mol. The maximum absolute atomic E-state index is 12.3. The Balaban J connectivity index is 1.84. The van der Waals surface area contributed by atoms with Crippen molar-refractivity contribution < 1.29 is 9.00 Å². The predicted octanol–water partition coefficient (Wildman–Crippen LogP) is 3.67. The van der Waals surface area contributed by atoms with Gasteiger partial charge in [0.15, 0.2) is 0 Å². The minimum Gasteiger partial charge on any atom is -0.338 e. The number of carbonyl (C=O) groups excluding carboxylic acids is 1. The zero-order valence-corrected chi connectivity index (χ0v) is 14.9. The summed E-state index contributed by atoms with van der Waals surface area (Å²) >= 11 is 0. The summed E-state index contributed by atoms with van der Waals surface area (Å²) in [4.78, 5) is 14.0.